The zero-order valence-corrected chi connectivity index (χ0v) is 10.1. The highest BCUT2D eigenvalue weighted by molar-refractivity contribution is 5.66. The van der Waals surface area contributed by atoms with E-state index in [4.69, 9.17) is 5.11 Å². The molecule has 0 aromatic heterocycles. The normalized spacial score (nSPS) is 32.3. The number of carboxylic acid groups (broad SMARTS) is 1. The Morgan fingerprint density at radius 3 is 2.38 bits per heavy atom. The minimum Gasteiger partial charge on any atom is -0.481 e. The monoisotopic (exact) mass is 226 g/mol. The highest BCUT2D eigenvalue weighted by atomic mass is 16.4. The standard InChI is InChI=1S/C12H22N2O2/c1-10-8-11(9-10)14-6-4-13(5-7-14)3-2-12(15)16/h10-11H,2-9H2,1H3,(H,15,16). The van der Waals surface area contributed by atoms with Gasteiger partial charge in [0.1, 0.15) is 0 Å². The molecule has 1 saturated carbocycles. The zero-order chi connectivity index (χ0) is 11.5. The third kappa shape index (κ3) is 2.95. The van der Waals surface area contributed by atoms with E-state index in [2.05, 4.69) is 16.7 Å². The van der Waals surface area contributed by atoms with Crippen LogP contribution in [0.3, 0.4) is 0 Å². The third-order valence-corrected chi connectivity index (χ3v) is 3.91. The molecule has 16 heavy (non-hydrogen) atoms. The molecule has 0 aromatic rings. The van der Waals surface area contributed by atoms with E-state index in [1.54, 1.807) is 0 Å². The van der Waals surface area contributed by atoms with E-state index in [9.17, 15) is 4.79 Å². The SMILES string of the molecule is CC1CC(N2CCN(CCC(=O)O)CC2)C1. The Labute approximate surface area is 97.2 Å². The van der Waals surface area contributed by atoms with Crippen molar-refractivity contribution >= 4 is 5.97 Å². The summed E-state index contributed by atoms with van der Waals surface area (Å²) in [6, 6.07) is 0.816. The maximum Gasteiger partial charge on any atom is 0.304 e. The van der Waals surface area contributed by atoms with Crippen LogP contribution in [-0.2, 0) is 4.79 Å². The Bertz CT molecular complexity index is 243. The molecule has 0 amide bonds. The number of carbonyl (C=O) groups is 1. The van der Waals surface area contributed by atoms with Crippen LogP contribution < -0.4 is 0 Å². The number of carboxylic acids is 1. The maximum atomic E-state index is 10.5. The Hall–Kier alpha value is -0.610. The van der Waals surface area contributed by atoms with E-state index >= 15 is 0 Å². The van der Waals surface area contributed by atoms with Gasteiger partial charge in [-0.1, -0.05) is 6.92 Å². The molecule has 1 saturated heterocycles. The van der Waals surface area contributed by atoms with E-state index in [-0.39, 0.29) is 6.42 Å². The Morgan fingerprint density at radius 2 is 1.88 bits per heavy atom. The van der Waals surface area contributed by atoms with Gasteiger partial charge in [0.15, 0.2) is 0 Å². The van der Waals surface area contributed by atoms with Crippen molar-refractivity contribution in [1.82, 2.24) is 9.80 Å². The lowest BCUT2D eigenvalue weighted by molar-refractivity contribution is -0.137. The number of nitrogens with zero attached hydrogens (tertiary/aromatic N) is 2. The van der Waals surface area contributed by atoms with Crippen molar-refractivity contribution in [3.05, 3.63) is 0 Å². The molecule has 1 aliphatic heterocycles. The summed E-state index contributed by atoms with van der Waals surface area (Å²) in [5.74, 6) is 0.227. The Kier molecular flexibility index (Phi) is 3.82. The first-order valence-electron chi connectivity index (χ1n) is 6.33. The van der Waals surface area contributed by atoms with Crippen LogP contribution in [0.4, 0.5) is 0 Å². The second kappa shape index (κ2) is 5.15. The zero-order valence-electron chi connectivity index (χ0n) is 10.1. The van der Waals surface area contributed by atoms with Gasteiger partial charge in [0, 0.05) is 38.8 Å². The molecule has 0 aromatic carbocycles. The fourth-order valence-electron chi connectivity index (χ4n) is 2.76. The molecule has 0 spiro atoms. The van der Waals surface area contributed by atoms with Crippen molar-refractivity contribution < 1.29 is 9.90 Å². The lowest BCUT2D eigenvalue weighted by Crippen LogP contribution is -2.53. The molecule has 4 nitrogen and oxygen atoms in total. The third-order valence-electron chi connectivity index (χ3n) is 3.91. The molecule has 0 radical (unpaired) electrons. The van der Waals surface area contributed by atoms with Crippen molar-refractivity contribution in [2.45, 2.75) is 32.2 Å². The van der Waals surface area contributed by atoms with Gasteiger partial charge in [0.05, 0.1) is 6.42 Å². The molecule has 92 valence electrons. The first-order chi connectivity index (χ1) is 7.65. The van der Waals surface area contributed by atoms with E-state index in [0.717, 1.165) is 38.1 Å². The summed E-state index contributed by atoms with van der Waals surface area (Å²) < 4.78 is 0. The molecule has 2 aliphatic rings. The highest BCUT2D eigenvalue weighted by Gasteiger charge is 2.32. The summed E-state index contributed by atoms with van der Waals surface area (Å²) in [6.07, 6.45) is 2.99. The Morgan fingerprint density at radius 1 is 1.25 bits per heavy atom. The van der Waals surface area contributed by atoms with Crippen molar-refractivity contribution in [2.75, 3.05) is 32.7 Å². The Balaban J connectivity index is 1.64. The van der Waals surface area contributed by atoms with Crippen molar-refractivity contribution in [3.8, 4) is 0 Å². The molecule has 4 heteroatoms. The summed E-state index contributed by atoms with van der Waals surface area (Å²) in [7, 11) is 0. The summed E-state index contributed by atoms with van der Waals surface area (Å²) in [5, 5.41) is 8.62. The van der Waals surface area contributed by atoms with Crippen LogP contribution >= 0.6 is 0 Å². The molecular weight excluding hydrogens is 204 g/mol. The van der Waals surface area contributed by atoms with Gasteiger partial charge in [-0.3, -0.25) is 9.69 Å². The first-order valence-corrected chi connectivity index (χ1v) is 6.33. The van der Waals surface area contributed by atoms with Gasteiger partial charge in [-0.2, -0.15) is 0 Å². The van der Waals surface area contributed by atoms with Gasteiger partial charge in [0.25, 0.3) is 0 Å². The van der Waals surface area contributed by atoms with Crippen LogP contribution in [0.2, 0.25) is 0 Å². The van der Waals surface area contributed by atoms with Crippen LogP contribution in [0, 0.1) is 5.92 Å². The molecule has 0 unspecified atom stereocenters. The minimum atomic E-state index is -0.685. The fraction of sp³-hybridized carbons (Fsp3) is 0.917. The quantitative estimate of drug-likeness (QED) is 0.773. The summed E-state index contributed by atoms with van der Waals surface area (Å²) in [6.45, 7) is 7.36. The van der Waals surface area contributed by atoms with Crippen molar-refractivity contribution in [3.63, 3.8) is 0 Å². The van der Waals surface area contributed by atoms with Gasteiger partial charge in [0.2, 0.25) is 0 Å². The molecule has 1 heterocycles. The number of hydrogen-bond acceptors (Lipinski definition) is 3. The lowest BCUT2D eigenvalue weighted by atomic mass is 9.80. The number of piperazine rings is 1. The van der Waals surface area contributed by atoms with Gasteiger partial charge >= 0.3 is 5.97 Å². The average molecular weight is 226 g/mol. The first kappa shape index (κ1) is 11.9. The molecular formula is C12H22N2O2. The number of hydrogen-bond donors (Lipinski definition) is 1. The lowest BCUT2D eigenvalue weighted by Gasteiger charge is -2.45. The number of aliphatic carboxylic acids is 1. The van der Waals surface area contributed by atoms with Gasteiger partial charge in [-0.05, 0) is 18.8 Å². The van der Waals surface area contributed by atoms with Crippen LogP contribution in [0.1, 0.15) is 26.2 Å². The van der Waals surface area contributed by atoms with Crippen LogP contribution in [0.15, 0.2) is 0 Å². The summed E-state index contributed by atoms with van der Waals surface area (Å²) in [5.41, 5.74) is 0. The van der Waals surface area contributed by atoms with Gasteiger partial charge in [-0.15, -0.1) is 0 Å². The largest absolute Gasteiger partial charge is 0.481 e. The fourth-order valence-corrected chi connectivity index (χ4v) is 2.76. The summed E-state index contributed by atoms with van der Waals surface area (Å²) in [4.78, 5) is 15.3. The van der Waals surface area contributed by atoms with E-state index < -0.39 is 5.97 Å². The number of rotatable bonds is 4. The predicted molar refractivity (Wildman–Crippen MR) is 62.5 cm³/mol. The molecule has 1 N–H and O–H groups in total. The summed E-state index contributed by atoms with van der Waals surface area (Å²) >= 11 is 0. The van der Waals surface area contributed by atoms with Crippen LogP contribution in [-0.4, -0.2) is 59.6 Å². The van der Waals surface area contributed by atoms with Crippen molar-refractivity contribution in [1.29, 1.82) is 0 Å². The van der Waals surface area contributed by atoms with Crippen molar-refractivity contribution in [2.24, 2.45) is 5.92 Å². The van der Waals surface area contributed by atoms with E-state index in [0.29, 0.717) is 6.54 Å². The van der Waals surface area contributed by atoms with Crippen LogP contribution in [0.5, 0.6) is 0 Å². The minimum absolute atomic E-state index is 0.278. The molecule has 0 bridgehead atoms. The van der Waals surface area contributed by atoms with E-state index in [1.807, 2.05) is 0 Å². The van der Waals surface area contributed by atoms with Crippen LogP contribution in [0.25, 0.3) is 0 Å². The predicted octanol–water partition coefficient (Wildman–Crippen LogP) is 0.877. The molecule has 2 rings (SSSR count). The second-order valence-electron chi connectivity index (χ2n) is 5.25. The second-order valence-corrected chi connectivity index (χ2v) is 5.25. The topological polar surface area (TPSA) is 43.8 Å². The molecule has 1 aliphatic carbocycles. The highest BCUT2D eigenvalue weighted by Crippen LogP contribution is 2.31. The average Bonchev–Trinajstić information content (AvgIpc) is 2.23. The van der Waals surface area contributed by atoms with Gasteiger partial charge < -0.3 is 10.0 Å². The smallest absolute Gasteiger partial charge is 0.304 e. The van der Waals surface area contributed by atoms with E-state index in [1.165, 1.54) is 12.8 Å². The molecule has 0 atom stereocenters. The van der Waals surface area contributed by atoms with Gasteiger partial charge in [-0.25, -0.2) is 0 Å². The molecule has 2 fully saturated rings. The maximum absolute atomic E-state index is 10.5.